The smallest absolute Gasteiger partial charge is 0.134 e. The molecule has 2 aromatic rings. The SMILES string of the molecule is Cn1cc(COc2ccc(F)cc2Br)nn1. The minimum Gasteiger partial charge on any atom is -0.486 e. The lowest BCUT2D eigenvalue weighted by Gasteiger charge is -2.05. The number of hydrogen-bond donors (Lipinski definition) is 0. The molecule has 2 rings (SSSR count). The molecular weight excluding hydrogens is 277 g/mol. The van der Waals surface area contributed by atoms with E-state index in [9.17, 15) is 4.39 Å². The van der Waals surface area contributed by atoms with Crippen LogP contribution in [0.1, 0.15) is 5.69 Å². The monoisotopic (exact) mass is 285 g/mol. The number of aromatic nitrogens is 3. The first-order valence-corrected chi connectivity index (χ1v) is 5.37. The van der Waals surface area contributed by atoms with Gasteiger partial charge in [-0.2, -0.15) is 0 Å². The average molecular weight is 286 g/mol. The van der Waals surface area contributed by atoms with Crippen molar-refractivity contribution in [3.05, 3.63) is 40.4 Å². The van der Waals surface area contributed by atoms with Crippen molar-refractivity contribution in [2.24, 2.45) is 7.05 Å². The first-order chi connectivity index (χ1) is 7.65. The van der Waals surface area contributed by atoms with Crippen molar-refractivity contribution in [1.82, 2.24) is 15.0 Å². The van der Waals surface area contributed by atoms with Crippen LogP contribution >= 0.6 is 15.9 Å². The van der Waals surface area contributed by atoms with Gasteiger partial charge in [0, 0.05) is 7.05 Å². The molecule has 1 aromatic carbocycles. The Labute approximate surface area is 100 Å². The Kier molecular flexibility index (Phi) is 3.19. The van der Waals surface area contributed by atoms with Crippen LogP contribution in [0.25, 0.3) is 0 Å². The third-order valence-corrected chi connectivity index (χ3v) is 2.54. The number of aryl methyl sites for hydroxylation is 1. The van der Waals surface area contributed by atoms with Crippen molar-refractivity contribution >= 4 is 15.9 Å². The second-order valence-corrected chi connectivity index (χ2v) is 4.10. The molecule has 6 heteroatoms. The van der Waals surface area contributed by atoms with Gasteiger partial charge in [-0.05, 0) is 34.1 Å². The van der Waals surface area contributed by atoms with Crippen molar-refractivity contribution in [3.8, 4) is 5.75 Å². The van der Waals surface area contributed by atoms with E-state index < -0.39 is 0 Å². The quantitative estimate of drug-likeness (QED) is 0.869. The van der Waals surface area contributed by atoms with Gasteiger partial charge in [-0.3, -0.25) is 4.68 Å². The zero-order valence-electron chi connectivity index (χ0n) is 8.52. The van der Waals surface area contributed by atoms with Gasteiger partial charge in [-0.25, -0.2) is 4.39 Å². The fourth-order valence-corrected chi connectivity index (χ4v) is 1.67. The van der Waals surface area contributed by atoms with Gasteiger partial charge in [0.2, 0.25) is 0 Å². The van der Waals surface area contributed by atoms with Crippen molar-refractivity contribution in [1.29, 1.82) is 0 Å². The number of nitrogens with zero attached hydrogens (tertiary/aromatic N) is 3. The molecule has 0 aliphatic heterocycles. The third-order valence-electron chi connectivity index (χ3n) is 1.92. The fourth-order valence-electron chi connectivity index (χ4n) is 1.21. The molecule has 0 amide bonds. The summed E-state index contributed by atoms with van der Waals surface area (Å²) >= 11 is 3.22. The summed E-state index contributed by atoms with van der Waals surface area (Å²) in [6.45, 7) is 0.304. The molecule has 0 fully saturated rings. The molecule has 0 saturated heterocycles. The standard InChI is InChI=1S/C10H9BrFN3O/c1-15-5-8(13-14-15)6-16-10-3-2-7(12)4-9(10)11/h2-5H,6H2,1H3. The predicted molar refractivity (Wildman–Crippen MR) is 59.4 cm³/mol. The molecule has 0 bridgehead atoms. The molecule has 0 aliphatic rings. The van der Waals surface area contributed by atoms with Gasteiger partial charge in [0.15, 0.2) is 0 Å². The second-order valence-electron chi connectivity index (χ2n) is 3.25. The lowest BCUT2D eigenvalue weighted by Crippen LogP contribution is -1.96. The highest BCUT2D eigenvalue weighted by molar-refractivity contribution is 9.10. The lowest BCUT2D eigenvalue weighted by molar-refractivity contribution is 0.298. The van der Waals surface area contributed by atoms with Crippen LogP contribution in [0.3, 0.4) is 0 Å². The summed E-state index contributed by atoms with van der Waals surface area (Å²) in [5, 5.41) is 7.66. The lowest BCUT2D eigenvalue weighted by atomic mass is 10.3. The van der Waals surface area contributed by atoms with Crippen LogP contribution in [0, 0.1) is 5.82 Å². The largest absolute Gasteiger partial charge is 0.486 e. The molecule has 0 atom stereocenters. The van der Waals surface area contributed by atoms with E-state index in [1.165, 1.54) is 12.1 Å². The highest BCUT2D eigenvalue weighted by Crippen LogP contribution is 2.25. The Morgan fingerprint density at radius 3 is 2.94 bits per heavy atom. The van der Waals surface area contributed by atoms with Crippen LogP contribution in [0.4, 0.5) is 4.39 Å². The molecule has 16 heavy (non-hydrogen) atoms. The number of ether oxygens (including phenoxy) is 1. The molecule has 1 heterocycles. The third kappa shape index (κ3) is 2.57. The zero-order valence-corrected chi connectivity index (χ0v) is 10.1. The molecule has 0 aliphatic carbocycles. The van der Waals surface area contributed by atoms with Crippen LogP contribution in [0.15, 0.2) is 28.9 Å². The van der Waals surface area contributed by atoms with E-state index in [2.05, 4.69) is 26.2 Å². The summed E-state index contributed by atoms with van der Waals surface area (Å²) in [7, 11) is 1.78. The van der Waals surface area contributed by atoms with Crippen molar-refractivity contribution in [2.45, 2.75) is 6.61 Å². The van der Waals surface area contributed by atoms with E-state index in [1.807, 2.05) is 0 Å². The maximum absolute atomic E-state index is 12.8. The first kappa shape index (κ1) is 11.1. The molecule has 0 unspecified atom stereocenters. The summed E-state index contributed by atoms with van der Waals surface area (Å²) in [6.07, 6.45) is 1.76. The predicted octanol–water partition coefficient (Wildman–Crippen LogP) is 2.30. The minimum atomic E-state index is -0.307. The summed E-state index contributed by atoms with van der Waals surface area (Å²) in [4.78, 5) is 0. The van der Waals surface area contributed by atoms with Gasteiger partial charge in [-0.15, -0.1) is 5.10 Å². The molecule has 0 spiro atoms. The van der Waals surface area contributed by atoms with Crippen LogP contribution in [-0.2, 0) is 13.7 Å². The summed E-state index contributed by atoms with van der Waals surface area (Å²) in [6, 6.07) is 4.26. The Morgan fingerprint density at radius 2 is 2.31 bits per heavy atom. The Morgan fingerprint density at radius 1 is 1.50 bits per heavy atom. The zero-order chi connectivity index (χ0) is 11.5. The van der Waals surface area contributed by atoms with Gasteiger partial charge in [-0.1, -0.05) is 5.21 Å². The number of hydrogen-bond acceptors (Lipinski definition) is 3. The Balaban J connectivity index is 2.04. The normalized spacial score (nSPS) is 10.4. The first-order valence-electron chi connectivity index (χ1n) is 4.58. The number of rotatable bonds is 3. The Hall–Kier alpha value is -1.43. The van der Waals surface area contributed by atoms with Crippen molar-refractivity contribution < 1.29 is 9.13 Å². The number of benzene rings is 1. The highest BCUT2D eigenvalue weighted by Gasteiger charge is 2.04. The Bertz CT molecular complexity index is 501. The average Bonchev–Trinajstić information content (AvgIpc) is 2.63. The van der Waals surface area contributed by atoms with E-state index >= 15 is 0 Å². The molecule has 0 N–H and O–H groups in total. The second kappa shape index (κ2) is 4.61. The van der Waals surface area contributed by atoms with Gasteiger partial charge < -0.3 is 4.74 Å². The van der Waals surface area contributed by atoms with E-state index in [0.717, 1.165) is 5.69 Å². The van der Waals surface area contributed by atoms with Crippen molar-refractivity contribution in [2.75, 3.05) is 0 Å². The summed E-state index contributed by atoms with van der Waals surface area (Å²) in [5.74, 6) is 0.269. The van der Waals surface area contributed by atoms with Crippen LogP contribution in [-0.4, -0.2) is 15.0 Å². The van der Waals surface area contributed by atoms with E-state index in [-0.39, 0.29) is 5.82 Å². The maximum atomic E-state index is 12.8. The fraction of sp³-hybridized carbons (Fsp3) is 0.200. The van der Waals surface area contributed by atoms with E-state index in [4.69, 9.17) is 4.74 Å². The molecule has 1 aromatic heterocycles. The molecular formula is C10H9BrFN3O. The maximum Gasteiger partial charge on any atom is 0.134 e. The van der Waals surface area contributed by atoms with Crippen LogP contribution in [0.5, 0.6) is 5.75 Å². The van der Waals surface area contributed by atoms with E-state index in [1.54, 1.807) is 24.0 Å². The van der Waals surface area contributed by atoms with Crippen LogP contribution in [0.2, 0.25) is 0 Å². The van der Waals surface area contributed by atoms with Gasteiger partial charge in [0.25, 0.3) is 0 Å². The van der Waals surface area contributed by atoms with E-state index in [0.29, 0.717) is 16.8 Å². The number of halogens is 2. The van der Waals surface area contributed by atoms with Gasteiger partial charge in [0.1, 0.15) is 23.9 Å². The summed E-state index contributed by atoms with van der Waals surface area (Å²) in [5.41, 5.74) is 0.721. The minimum absolute atomic E-state index is 0.304. The molecule has 4 nitrogen and oxygen atoms in total. The van der Waals surface area contributed by atoms with Gasteiger partial charge in [0.05, 0.1) is 10.7 Å². The van der Waals surface area contributed by atoms with Gasteiger partial charge >= 0.3 is 0 Å². The van der Waals surface area contributed by atoms with Crippen molar-refractivity contribution in [3.63, 3.8) is 0 Å². The molecule has 0 saturated carbocycles. The highest BCUT2D eigenvalue weighted by atomic mass is 79.9. The molecule has 0 radical (unpaired) electrons. The summed E-state index contributed by atoms with van der Waals surface area (Å²) < 4.78 is 20.4. The van der Waals surface area contributed by atoms with Crippen LogP contribution < -0.4 is 4.74 Å². The topological polar surface area (TPSA) is 39.9 Å². The molecule has 84 valence electrons.